The minimum atomic E-state index is 0.625. The number of ether oxygens (including phenoxy) is 1. The van der Waals surface area contributed by atoms with Gasteiger partial charge in [0.05, 0.1) is 0 Å². The van der Waals surface area contributed by atoms with Gasteiger partial charge >= 0.3 is 0 Å². The molecule has 1 aliphatic heterocycles. The lowest BCUT2D eigenvalue weighted by Crippen LogP contribution is -2.39. The molecule has 0 atom stereocenters. The zero-order valence-corrected chi connectivity index (χ0v) is 11.2. The van der Waals surface area contributed by atoms with E-state index < -0.39 is 0 Å². The Morgan fingerprint density at radius 3 is 2.56 bits per heavy atom. The first-order chi connectivity index (χ1) is 7.72. The van der Waals surface area contributed by atoms with Crippen LogP contribution in [0.5, 0.6) is 0 Å². The third-order valence-electron chi connectivity index (χ3n) is 3.34. The average Bonchev–Trinajstić information content (AvgIpc) is 2.28. The molecule has 0 aromatic heterocycles. The normalized spacial score (nSPS) is 19.5. The van der Waals surface area contributed by atoms with Gasteiger partial charge in [0, 0.05) is 26.3 Å². The highest BCUT2D eigenvalue weighted by atomic mass is 16.5. The Hall–Kier alpha value is -0.120. The van der Waals surface area contributed by atoms with Crippen LogP contribution in [-0.2, 0) is 4.74 Å². The van der Waals surface area contributed by atoms with Crippen LogP contribution >= 0.6 is 0 Å². The zero-order chi connectivity index (χ0) is 11.8. The lowest BCUT2D eigenvalue weighted by molar-refractivity contribution is 0.145. The second-order valence-electron chi connectivity index (χ2n) is 5.19. The van der Waals surface area contributed by atoms with Gasteiger partial charge in [-0.25, -0.2) is 0 Å². The van der Waals surface area contributed by atoms with E-state index in [1.807, 2.05) is 0 Å². The molecule has 0 aromatic rings. The molecule has 0 saturated carbocycles. The fourth-order valence-electron chi connectivity index (χ4n) is 2.25. The topological polar surface area (TPSA) is 24.5 Å². The monoisotopic (exact) mass is 228 g/mol. The van der Waals surface area contributed by atoms with Gasteiger partial charge in [-0.1, -0.05) is 13.8 Å². The summed E-state index contributed by atoms with van der Waals surface area (Å²) in [6.07, 6.45) is 3.88. The first-order valence-electron chi connectivity index (χ1n) is 6.67. The molecule has 96 valence electrons. The molecule has 1 rings (SSSR count). The Balaban J connectivity index is 2.04. The molecule has 1 saturated heterocycles. The van der Waals surface area contributed by atoms with Crippen LogP contribution in [0.2, 0.25) is 0 Å². The number of piperidine rings is 1. The Kier molecular flexibility index (Phi) is 7.01. The summed E-state index contributed by atoms with van der Waals surface area (Å²) in [4.78, 5) is 2.57. The van der Waals surface area contributed by atoms with Crippen molar-refractivity contribution in [1.82, 2.24) is 10.2 Å². The molecule has 0 aliphatic carbocycles. The smallest absolute Gasteiger partial charge is 0.0474 e. The maximum absolute atomic E-state index is 5.08. The molecule has 0 radical (unpaired) electrons. The largest absolute Gasteiger partial charge is 0.385 e. The van der Waals surface area contributed by atoms with E-state index in [9.17, 15) is 0 Å². The molecule has 1 heterocycles. The van der Waals surface area contributed by atoms with Gasteiger partial charge in [0.25, 0.3) is 0 Å². The molecule has 1 N–H and O–H groups in total. The summed E-state index contributed by atoms with van der Waals surface area (Å²) in [5.41, 5.74) is 0. The molecule has 0 amide bonds. The second kappa shape index (κ2) is 8.04. The minimum absolute atomic E-state index is 0.625. The molecule has 0 unspecified atom stereocenters. The van der Waals surface area contributed by atoms with E-state index in [0.717, 1.165) is 12.5 Å². The van der Waals surface area contributed by atoms with Crippen LogP contribution < -0.4 is 5.32 Å². The summed E-state index contributed by atoms with van der Waals surface area (Å²) < 4.78 is 5.08. The third-order valence-corrected chi connectivity index (χ3v) is 3.34. The van der Waals surface area contributed by atoms with Gasteiger partial charge in [-0.3, -0.25) is 0 Å². The number of hydrogen-bond acceptors (Lipinski definition) is 3. The van der Waals surface area contributed by atoms with E-state index in [2.05, 4.69) is 24.1 Å². The summed E-state index contributed by atoms with van der Waals surface area (Å²) >= 11 is 0. The SMILES string of the molecule is COCCCN1CCC(CNC(C)C)CC1. The van der Waals surface area contributed by atoms with Crippen molar-refractivity contribution in [3.8, 4) is 0 Å². The van der Waals surface area contributed by atoms with E-state index in [0.29, 0.717) is 6.04 Å². The van der Waals surface area contributed by atoms with Gasteiger partial charge in [-0.2, -0.15) is 0 Å². The van der Waals surface area contributed by atoms with Gasteiger partial charge < -0.3 is 15.0 Å². The van der Waals surface area contributed by atoms with E-state index in [4.69, 9.17) is 4.74 Å². The molecular formula is C13H28N2O. The first kappa shape index (κ1) is 13.9. The van der Waals surface area contributed by atoms with E-state index in [1.165, 1.54) is 45.4 Å². The predicted octanol–water partition coefficient (Wildman–Crippen LogP) is 1.73. The van der Waals surface area contributed by atoms with Crippen molar-refractivity contribution in [1.29, 1.82) is 0 Å². The highest BCUT2D eigenvalue weighted by molar-refractivity contribution is 4.74. The number of methoxy groups -OCH3 is 1. The zero-order valence-electron chi connectivity index (χ0n) is 11.2. The van der Waals surface area contributed by atoms with Crippen molar-refractivity contribution in [2.24, 2.45) is 5.92 Å². The summed E-state index contributed by atoms with van der Waals surface area (Å²) in [6.45, 7) is 10.3. The van der Waals surface area contributed by atoms with E-state index in [-0.39, 0.29) is 0 Å². The number of rotatable bonds is 7. The highest BCUT2D eigenvalue weighted by Gasteiger charge is 2.18. The molecule has 0 bridgehead atoms. The van der Waals surface area contributed by atoms with Crippen molar-refractivity contribution in [3.63, 3.8) is 0 Å². The Labute approximate surface area is 101 Å². The number of likely N-dealkylation sites (tertiary alicyclic amines) is 1. The standard InChI is InChI=1S/C13H28N2O/c1-12(2)14-11-13-5-8-15(9-6-13)7-4-10-16-3/h12-14H,4-11H2,1-3H3. The van der Waals surface area contributed by atoms with Crippen LogP contribution in [0.15, 0.2) is 0 Å². The summed E-state index contributed by atoms with van der Waals surface area (Å²) in [6, 6.07) is 0.625. The third kappa shape index (κ3) is 5.83. The maximum atomic E-state index is 5.08. The molecule has 1 aliphatic rings. The summed E-state index contributed by atoms with van der Waals surface area (Å²) in [7, 11) is 1.78. The molecular weight excluding hydrogens is 200 g/mol. The first-order valence-corrected chi connectivity index (χ1v) is 6.67. The van der Waals surface area contributed by atoms with Crippen LogP contribution in [0.3, 0.4) is 0 Å². The maximum Gasteiger partial charge on any atom is 0.0474 e. The quantitative estimate of drug-likeness (QED) is 0.672. The van der Waals surface area contributed by atoms with Crippen molar-refractivity contribution >= 4 is 0 Å². The number of nitrogens with zero attached hydrogens (tertiary/aromatic N) is 1. The molecule has 0 spiro atoms. The molecule has 16 heavy (non-hydrogen) atoms. The number of nitrogens with one attached hydrogen (secondary N) is 1. The molecule has 0 aromatic carbocycles. The van der Waals surface area contributed by atoms with Crippen molar-refractivity contribution < 1.29 is 4.74 Å². The van der Waals surface area contributed by atoms with Gasteiger partial charge in [0.15, 0.2) is 0 Å². The van der Waals surface area contributed by atoms with Crippen molar-refractivity contribution in [2.75, 3.05) is 39.9 Å². The van der Waals surface area contributed by atoms with Crippen molar-refractivity contribution in [3.05, 3.63) is 0 Å². The Bertz CT molecular complexity index is 165. The van der Waals surface area contributed by atoms with E-state index in [1.54, 1.807) is 7.11 Å². The van der Waals surface area contributed by atoms with Gasteiger partial charge in [0.2, 0.25) is 0 Å². The van der Waals surface area contributed by atoms with Crippen LogP contribution in [0.4, 0.5) is 0 Å². The van der Waals surface area contributed by atoms with Crippen LogP contribution in [0.25, 0.3) is 0 Å². The minimum Gasteiger partial charge on any atom is -0.385 e. The summed E-state index contributed by atoms with van der Waals surface area (Å²) in [5, 5.41) is 3.54. The van der Waals surface area contributed by atoms with Gasteiger partial charge in [0.1, 0.15) is 0 Å². The predicted molar refractivity (Wildman–Crippen MR) is 68.8 cm³/mol. The van der Waals surface area contributed by atoms with Crippen molar-refractivity contribution in [2.45, 2.75) is 39.2 Å². The fraction of sp³-hybridized carbons (Fsp3) is 1.00. The lowest BCUT2D eigenvalue weighted by Gasteiger charge is -2.32. The Morgan fingerprint density at radius 1 is 1.31 bits per heavy atom. The molecule has 3 nitrogen and oxygen atoms in total. The van der Waals surface area contributed by atoms with Crippen LogP contribution in [0.1, 0.15) is 33.1 Å². The second-order valence-corrected chi connectivity index (χ2v) is 5.19. The van der Waals surface area contributed by atoms with Gasteiger partial charge in [-0.05, 0) is 44.8 Å². The van der Waals surface area contributed by atoms with Crippen LogP contribution in [0, 0.1) is 5.92 Å². The van der Waals surface area contributed by atoms with Crippen LogP contribution in [-0.4, -0.2) is 50.8 Å². The molecule has 1 fully saturated rings. The fourth-order valence-corrected chi connectivity index (χ4v) is 2.25. The molecule has 3 heteroatoms. The average molecular weight is 228 g/mol. The lowest BCUT2D eigenvalue weighted by atomic mass is 9.96. The van der Waals surface area contributed by atoms with E-state index >= 15 is 0 Å². The van der Waals surface area contributed by atoms with Gasteiger partial charge in [-0.15, -0.1) is 0 Å². The number of hydrogen-bond donors (Lipinski definition) is 1. The highest BCUT2D eigenvalue weighted by Crippen LogP contribution is 2.16. The summed E-state index contributed by atoms with van der Waals surface area (Å²) in [5.74, 6) is 0.890. The Morgan fingerprint density at radius 2 is 2.00 bits per heavy atom.